The average Bonchev–Trinajstić information content (AvgIpc) is 2.27. The Morgan fingerprint density at radius 1 is 1.18 bits per heavy atom. The van der Waals surface area contributed by atoms with Crippen molar-refractivity contribution in [1.82, 2.24) is 0 Å². The molecule has 3 nitrogen and oxygen atoms in total. The summed E-state index contributed by atoms with van der Waals surface area (Å²) >= 11 is 0. The molecule has 0 aromatic heterocycles. The molecule has 0 bridgehead atoms. The van der Waals surface area contributed by atoms with E-state index in [2.05, 4.69) is 0 Å². The number of carbonyl (C=O) groups is 1. The number of hydrogen-bond acceptors (Lipinski definition) is 3. The molecule has 6 heteroatoms. The van der Waals surface area contributed by atoms with E-state index >= 15 is 0 Å². The first-order chi connectivity index (χ1) is 7.93. The third-order valence-electron chi connectivity index (χ3n) is 2.26. The number of rotatable bonds is 4. The standard InChI is InChI=1S/C11H11F3O3/c1-16-9-4-3-7(5-10(9)17-2)8(6-15)11(12,13)14/h3-6,8H,1-2H3. The summed E-state index contributed by atoms with van der Waals surface area (Å²) in [6, 6.07) is 3.66. The van der Waals surface area contributed by atoms with Crippen molar-refractivity contribution in [1.29, 1.82) is 0 Å². The van der Waals surface area contributed by atoms with Gasteiger partial charge in [0.15, 0.2) is 11.5 Å². The van der Waals surface area contributed by atoms with E-state index in [0.29, 0.717) is 5.75 Å². The lowest BCUT2D eigenvalue weighted by Crippen LogP contribution is -2.22. The maximum atomic E-state index is 12.5. The molecular weight excluding hydrogens is 237 g/mol. The van der Waals surface area contributed by atoms with Crippen molar-refractivity contribution in [2.75, 3.05) is 14.2 Å². The van der Waals surface area contributed by atoms with Crippen LogP contribution in [0.3, 0.4) is 0 Å². The molecule has 0 fully saturated rings. The molecule has 0 saturated heterocycles. The average molecular weight is 248 g/mol. The van der Waals surface area contributed by atoms with Crippen LogP contribution in [0, 0.1) is 0 Å². The highest BCUT2D eigenvalue weighted by Gasteiger charge is 2.40. The largest absolute Gasteiger partial charge is 0.493 e. The number of aldehydes is 1. The Morgan fingerprint density at radius 2 is 1.76 bits per heavy atom. The summed E-state index contributed by atoms with van der Waals surface area (Å²) in [5.41, 5.74) is -0.176. The molecule has 0 aliphatic rings. The maximum Gasteiger partial charge on any atom is 0.402 e. The fourth-order valence-corrected chi connectivity index (χ4v) is 1.39. The Labute approximate surface area is 96.1 Å². The van der Waals surface area contributed by atoms with Crippen LogP contribution >= 0.6 is 0 Å². The van der Waals surface area contributed by atoms with Gasteiger partial charge in [0.05, 0.1) is 14.2 Å². The first-order valence-corrected chi connectivity index (χ1v) is 4.68. The van der Waals surface area contributed by atoms with Crippen LogP contribution in [0.25, 0.3) is 0 Å². The number of carbonyl (C=O) groups excluding carboxylic acids is 1. The molecule has 0 saturated carbocycles. The predicted octanol–water partition coefficient (Wildman–Crippen LogP) is 2.55. The normalized spacial score (nSPS) is 13.0. The Morgan fingerprint density at radius 3 is 2.18 bits per heavy atom. The number of halogens is 3. The summed E-state index contributed by atoms with van der Waals surface area (Å²) in [6.07, 6.45) is -4.75. The molecule has 1 aromatic rings. The summed E-state index contributed by atoms with van der Waals surface area (Å²) in [4.78, 5) is 10.5. The highest BCUT2D eigenvalue weighted by atomic mass is 19.4. The van der Waals surface area contributed by atoms with E-state index in [1.165, 1.54) is 26.4 Å². The van der Waals surface area contributed by atoms with E-state index in [9.17, 15) is 18.0 Å². The molecular formula is C11H11F3O3. The van der Waals surface area contributed by atoms with Crippen LogP contribution in [0.5, 0.6) is 11.5 Å². The van der Waals surface area contributed by atoms with Crippen molar-refractivity contribution in [2.24, 2.45) is 0 Å². The summed E-state index contributed by atoms with van der Waals surface area (Å²) in [5.74, 6) is -1.69. The lowest BCUT2D eigenvalue weighted by molar-refractivity contribution is -0.155. The molecule has 0 N–H and O–H groups in total. The molecule has 94 valence electrons. The second-order valence-corrected chi connectivity index (χ2v) is 3.27. The van der Waals surface area contributed by atoms with Gasteiger partial charge in [-0.3, -0.25) is 0 Å². The molecule has 0 heterocycles. The number of ether oxygens (including phenoxy) is 2. The highest BCUT2D eigenvalue weighted by molar-refractivity contribution is 5.64. The minimum Gasteiger partial charge on any atom is -0.493 e. The van der Waals surface area contributed by atoms with E-state index in [-0.39, 0.29) is 17.6 Å². The molecule has 0 aliphatic heterocycles. The predicted molar refractivity (Wildman–Crippen MR) is 54.4 cm³/mol. The third-order valence-corrected chi connectivity index (χ3v) is 2.26. The molecule has 17 heavy (non-hydrogen) atoms. The zero-order valence-electron chi connectivity index (χ0n) is 9.25. The first-order valence-electron chi connectivity index (χ1n) is 4.68. The van der Waals surface area contributed by atoms with Gasteiger partial charge < -0.3 is 14.3 Å². The molecule has 1 atom stereocenters. The van der Waals surface area contributed by atoms with Crippen molar-refractivity contribution in [3.8, 4) is 11.5 Å². The molecule has 1 aromatic carbocycles. The van der Waals surface area contributed by atoms with Gasteiger partial charge in [-0.2, -0.15) is 13.2 Å². The molecule has 1 rings (SSSR count). The van der Waals surface area contributed by atoms with Crippen molar-refractivity contribution in [2.45, 2.75) is 12.1 Å². The quantitative estimate of drug-likeness (QED) is 0.768. The van der Waals surface area contributed by atoms with Gasteiger partial charge in [0.1, 0.15) is 12.2 Å². The van der Waals surface area contributed by atoms with Crippen molar-refractivity contribution < 1.29 is 27.4 Å². The van der Waals surface area contributed by atoms with Gasteiger partial charge in [0.2, 0.25) is 0 Å². The van der Waals surface area contributed by atoms with Crippen LogP contribution in [0.2, 0.25) is 0 Å². The monoisotopic (exact) mass is 248 g/mol. The molecule has 0 amide bonds. The lowest BCUT2D eigenvalue weighted by Gasteiger charge is -2.16. The van der Waals surface area contributed by atoms with Crippen molar-refractivity contribution in [3.05, 3.63) is 23.8 Å². The summed E-state index contributed by atoms with van der Waals surface area (Å²) in [6.45, 7) is 0. The summed E-state index contributed by atoms with van der Waals surface area (Å²) < 4.78 is 47.3. The minimum atomic E-state index is -4.61. The van der Waals surface area contributed by atoms with Gasteiger partial charge in [-0.05, 0) is 17.7 Å². The number of benzene rings is 1. The van der Waals surface area contributed by atoms with Gasteiger partial charge in [-0.1, -0.05) is 6.07 Å². The Balaban J connectivity index is 3.18. The van der Waals surface area contributed by atoms with Crippen LogP contribution in [0.4, 0.5) is 13.2 Å². The fraction of sp³-hybridized carbons (Fsp3) is 0.364. The first kappa shape index (κ1) is 13.3. The minimum absolute atomic E-state index is 0.138. The second-order valence-electron chi connectivity index (χ2n) is 3.27. The van der Waals surface area contributed by atoms with E-state index in [1.807, 2.05) is 0 Å². The van der Waals surface area contributed by atoms with Gasteiger partial charge in [0, 0.05) is 0 Å². The van der Waals surface area contributed by atoms with Gasteiger partial charge >= 0.3 is 6.18 Å². The summed E-state index contributed by atoms with van der Waals surface area (Å²) in [5, 5.41) is 0. The Bertz CT molecular complexity index is 401. The number of methoxy groups -OCH3 is 2. The van der Waals surface area contributed by atoms with Crippen LogP contribution in [0.15, 0.2) is 18.2 Å². The third kappa shape index (κ3) is 2.89. The van der Waals surface area contributed by atoms with Gasteiger partial charge in [0.25, 0.3) is 0 Å². The smallest absolute Gasteiger partial charge is 0.402 e. The van der Waals surface area contributed by atoms with E-state index in [4.69, 9.17) is 9.47 Å². The second kappa shape index (κ2) is 5.07. The van der Waals surface area contributed by atoms with Crippen molar-refractivity contribution in [3.63, 3.8) is 0 Å². The highest BCUT2D eigenvalue weighted by Crippen LogP contribution is 2.37. The van der Waals surface area contributed by atoms with Gasteiger partial charge in [-0.15, -0.1) is 0 Å². The van der Waals surface area contributed by atoms with Crippen LogP contribution in [-0.2, 0) is 4.79 Å². The number of hydrogen-bond donors (Lipinski definition) is 0. The topological polar surface area (TPSA) is 35.5 Å². The van der Waals surface area contributed by atoms with E-state index in [1.54, 1.807) is 0 Å². The number of alkyl halides is 3. The van der Waals surface area contributed by atoms with E-state index in [0.717, 1.165) is 6.07 Å². The molecule has 1 unspecified atom stereocenters. The Hall–Kier alpha value is -1.72. The SMILES string of the molecule is COc1ccc(C(C=O)C(F)(F)F)cc1OC. The molecule has 0 aliphatic carbocycles. The van der Waals surface area contributed by atoms with Crippen LogP contribution in [0.1, 0.15) is 11.5 Å². The van der Waals surface area contributed by atoms with Crippen molar-refractivity contribution >= 4 is 6.29 Å². The summed E-state index contributed by atoms with van der Waals surface area (Å²) in [7, 11) is 2.68. The van der Waals surface area contributed by atoms with Gasteiger partial charge in [-0.25, -0.2) is 0 Å². The van der Waals surface area contributed by atoms with Crippen LogP contribution in [-0.4, -0.2) is 26.7 Å². The van der Waals surface area contributed by atoms with Crippen LogP contribution < -0.4 is 9.47 Å². The lowest BCUT2D eigenvalue weighted by atomic mass is 10.00. The Kier molecular flexibility index (Phi) is 3.98. The molecule has 0 radical (unpaired) electrons. The van der Waals surface area contributed by atoms with E-state index < -0.39 is 12.1 Å². The maximum absolute atomic E-state index is 12.5. The zero-order chi connectivity index (χ0) is 13.1. The molecule has 0 spiro atoms. The zero-order valence-corrected chi connectivity index (χ0v) is 9.25. The fourth-order valence-electron chi connectivity index (χ4n) is 1.39.